The van der Waals surface area contributed by atoms with E-state index in [-0.39, 0.29) is 40.8 Å². The summed E-state index contributed by atoms with van der Waals surface area (Å²) in [6.07, 6.45) is 0. The van der Waals surface area contributed by atoms with Gasteiger partial charge in [-0.15, -0.1) is 0 Å². The van der Waals surface area contributed by atoms with Gasteiger partial charge in [-0.2, -0.15) is 0 Å². The molecule has 0 saturated carbocycles. The monoisotopic (exact) mass is 388 g/mol. The number of ether oxygens (including phenoxy) is 1. The van der Waals surface area contributed by atoms with E-state index in [2.05, 4.69) is 10.5 Å². The van der Waals surface area contributed by atoms with Gasteiger partial charge in [-0.3, -0.25) is 4.79 Å². The number of benzene rings is 2. The van der Waals surface area contributed by atoms with Gasteiger partial charge in [0.1, 0.15) is 35.2 Å². The third-order valence-corrected chi connectivity index (χ3v) is 4.28. The molecule has 0 aliphatic carbocycles. The van der Waals surface area contributed by atoms with Crippen LogP contribution in [0.1, 0.15) is 21.7 Å². The molecule has 0 radical (unpaired) electrons. The van der Waals surface area contributed by atoms with Crippen LogP contribution in [0, 0.1) is 19.7 Å². The van der Waals surface area contributed by atoms with Crippen LogP contribution in [0.2, 0.25) is 5.02 Å². The van der Waals surface area contributed by atoms with Gasteiger partial charge in [0, 0.05) is 0 Å². The number of hydrogen-bond acceptors (Lipinski definition) is 4. The van der Waals surface area contributed by atoms with Crippen molar-refractivity contribution >= 4 is 17.5 Å². The van der Waals surface area contributed by atoms with E-state index in [0.717, 1.165) is 11.3 Å². The molecule has 0 unspecified atom stereocenters. The lowest BCUT2D eigenvalue weighted by molar-refractivity contribution is 0.0946. The van der Waals surface area contributed by atoms with E-state index in [9.17, 15) is 9.18 Å². The Morgan fingerprint density at radius 1 is 1.22 bits per heavy atom. The summed E-state index contributed by atoms with van der Waals surface area (Å²) in [6.45, 7) is 4.13. The number of rotatable bonds is 6. The number of hydrogen-bond donors (Lipinski definition) is 1. The van der Waals surface area contributed by atoms with E-state index in [4.69, 9.17) is 20.9 Å². The van der Waals surface area contributed by atoms with Crippen LogP contribution >= 0.6 is 11.6 Å². The highest BCUT2D eigenvalue weighted by Gasteiger charge is 2.25. The van der Waals surface area contributed by atoms with Crippen molar-refractivity contribution in [2.24, 2.45) is 0 Å². The van der Waals surface area contributed by atoms with E-state index in [1.807, 2.05) is 31.2 Å². The lowest BCUT2D eigenvalue weighted by atomic mass is 10.0. The van der Waals surface area contributed by atoms with Crippen LogP contribution in [0.4, 0.5) is 4.39 Å². The zero-order valence-electron chi connectivity index (χ0n) is 14.9. The molecule has 0 saturated heterocycles. The minimum Gasteiger partial charge on any atom is -0.492 e. The number of nitrogens with one attached hydrogen (secondary N) is 1. The largest absolute Gasteiger partial charge is 0.492 e. The van der Waals surface area contributed by atoms with Crippen LogP contribution in [-0.2, 0) is 0 Å². The standard InChI is InChI=1S/C20H18ClFN2O3/c1-12-6-8-14(9-7-12)26-11-10-23-20(25)17-13(2)27-24-19(17)18-15(21)4-3-5-16(18)22/h3-9H,10-11H2,1-2H3,(H,23,25). The second-order valence-corrected chi connectivity index (χ2v) is 6.38. The number of aromatic nitrogens is 1. The molecule has 3 aromatic rings. The summed E-state index contributed by atoms with van der Waals surface area (Å²) < 4.78 is 24.9. The molecule has 1 aromatic heterocycles. The molecule has 0 bridgehead atoms. The molecular weight excluding hydrogens is 371 g/mol. The van der Waals surface area contributed by atoms with Crippen molar-refractivity contribution < 1.29 is 18.4 Å². The zero-order chi connectivity index (χ0) is 19.4. The van der Waals surface area contributed by atoms with Crippen molar-refractivity contribution in [1.82, 2.24) is 10.5 Å². The van der Waals surface area contributed by atoms with Crippen molar-refractivity contribution in [2.75, 3.05) is 13.2 Å². The molecule has 0 aliphatic rings. The van der Waals surface area contributed by atoms with Crippen molar-refractivity contribution in [3.05, 3.63) is 70.2 Å². The van der Waals surface area contributed by atoms with E-state index in [0.29, 0.717) is 0 Å². The van der Waals surface area contributed by atoms with E-state index in [1.54, 1.807) is 6.92 Å². The average Bonchev–Trinajstić information content (AvgIpc) is 3.01. The molecular formula is C20H18ClFN2O3. The lowest BCUT2D eigenvalue weighted by Crippen LogP contribution is -2.28. The number of amides is 1. The summed E-state index contributed by atoms with van der Waals surface area (Å²) in [5, 5.41) is 6.70. The van der Waals surface area contributed by atoms with Gasteiger partial charge in [-0.05, 0) is 38.1 Å². The van der Waals surface area contributed by atoms with E-state index < -0.39 is 11.7 Å². The summed E-state index contributed by atoms with van der Waals surface area (Å²) >= 11 is 6.08. The van der Waals surface area contributed by atoms with Gasteiger partial charge in [0.2, 0.25) is 0 Å². The molecule has 5 nitrogen and oxygen atoms in total. The van der Waals surface area contributed by atoms with Gasteiger partial charge in [0.15, 0.2) is 0 Å². The number of carbonyl (C=O) groups excluding carboxylic acids is 1. The Hall–Kier alpha value is -2.86. The maximum atomic E-state index is 14.2. The highest BCUT2D eigenvalue weighted by molar-refractivity contribution is 6.33. The number of aryl methyl sites for hydroxylation is 2. The molecule has 0 atom stereocenters. The third-order valence-electron chi connectivity index (χ3n) is 3.97. The Labute approximate surface area is 161 Å². The zero-order valence-corrected chi connectivity index (χ0v) is 15.6. The minimum atomic E-state index is -0.576. The molecule has 3 rings (SSSR count). The highest BCUT2D eigenvalue weighted by atomic mass is 35.5. The van der Waals surface area contributed by atoms with Crippen LogP contribution in [0.5, 0.6) is 5.75 Å². The average molecular weight is 389 g/mol. The van der Waals surface area contributed by atoms with E-state index in [1.165, 1.54) is 18.2 Å². The maximum Gasteiger partial charge on any atom is 0.257 e. The second-order valence-electron chi connectivity index (χ2n) is 5.98. The normalized spacial score (nSPS) is 10.7. The summed E-state index contributed by atoms with van der Waals surface area (Å²) in [5.41, 5.74) is 1.40. The Balaban J connectivity index is 1.68. The lowest BCUT2D eigenvalue weighted by Gasteiger charge is -2.09. The molecule has 140 valence electrons. The second kappa shape index (κ2) is 8.22. The first kappa shape index (κ1) is 18.9. The topological polar surface area (TPSA) is 64.4 Å². The Morgan fingerprint density at radius 3 is 2.67 bits per heavy atom. The predicted molar refractivity (Wildman–Crippen MR) is 101 cm³/mol. The molecule has 0 aliphatic heterocycles. The Kier molecular flexibility index (Phi) is 5.76. The van der Waals surface area contributed by atoms with Gasteiger partial charge in [-0.25, -0.2) is 4.39 Å². The molecule has 1 heterocycles. The molecule has 1 N–H and O–H groups in total. The van der Waals surface area contributed by atoms with Crippen molar-refractivity contribution in [2.45, 2.75) is 13.8 Å². The van der Waals surface area contributed by atoms with Crippen molar-refractivity contribution in [3.8, 4) is 17.0 Å². The number of halogens is 2. The molecule has 0 fully saturated rings. The predicted octanol–water partition coefficient (Wildman–Crippen LogP) is 4.56. The van der Waals surface area contributed by atoms with Gasteiger partial charge in [-0.1, -0.05) is 40.5 Å². The first-order valence-electron chi connectivity index (χ1n) is 8.35. The first-order valence-corrected chi connectivity index (χ1v) is 8.73. The fourth-order valence-corrected chi connectivity index (χ4v) is 2.84. The summed E-state index contributed by atoms with van der Waals surface area (Å²) in [7, 11) is 0. The molecule has 2 aromatic carbocycles. The summed E-state index contributed by atoms with van der Waals surface area (Å²) in [6, 6.07) is 11.9. The van der Waals surface area contributed by atoms with Gasteiger partial charge in [0.25, 0.3) is 5.91 Å². The number of nitrogens with zero attached hydrogens (tertiary/aromatic N) is 1. The van der Waals surface area contributed by atoms with Crippen molar-refractivity contribution in [1.29, 1.82) is 0 Å². The maximum absolute atomic E-state index is 14.2. The molecule has 27 heavy (non-hydrogen) atoms. The van der Waals surface area contributed by atoms with Crippen LogP contribution in [0.25, 0.3) is 11.3 Å². The summed E-state index contributed by atoms with van der Waals surface area (Å²) in [4.78, 5) is 12.6. The fourth-order valence-electron chi connectivity index (χ4n) is 2.59. The minimum absolute atomic E-state index is 0.0390. The van der Waals surface area contributed by atoms with Crippen LogP contribution in [-0.4, -0.2) is 24.2 Å². The first-order chi connectivity index (χ1) is 13.0. The van der Waals surface area contributed by atoms with Gasteiger partial charge >= 0.3 is 0 Å². The third kappa shape index (κ3) is 4.28. The van der Waals surface area contributed by atoms with E-state index >= 15 is 0 Å². The smallest absolute Gasteiger partial charge is 0.257 e. The van der Waals surface area contributed by atoms with Crippen LogP contribution in [0.15, 0.2) is 47.0 Å². The molecule has 1 amide bonds. The van der Waals surface area contributed by atoms with Crippen LogP contribution in [0.3, 0.4) is 0 Å². The number of carbonyl (C=O) groups is 1. The highest BCUT2D eigenvalue weighted by Crippen LogP contribution is 2.33. The quantitative estimate of drug-likeness (QED) is 0.629. The Morgan fingerprint density at radius 2 is 1.96 bits per heavy atom. The Bertz CT molecular complexity index is 934. The summed E-state index contributed by atoms with van der Waals surface area (Å²) in [5.74, 6) is -0.0146. The van der Waals surface area contributed by atoms with Gasteiger partial charge in [0.05, 0.1) is 17.1 Å². The van der Waals surface area contributed by atoms with Gasteiger partial charge < -0.3 is 14.6 Å². The molecule has 0 spiro atoms. The van der Waals surface area contributed by atoms with Crippen molar-refractivity contribution in [3.63, 3.8) is 0 Å². The molecule has 7 heteroatoms. The SMILES string of the molecule is Cc1ccc(OCCNC(=O)c2c(-c3c(F)cccc3Cl)noc2C)cc1. The van der Waals surface area contributed by atoms with Crippen LogP contribution < -0.4 is 10.1 Å². The fraction of sp³-hybridized carbons (Fsp3) is 0.200.